The van der Waals surface area contributed by atoms with Crippen molar-refractivity contribution in [3.63, 3.8) is 0 Å². The van der Waals surface area contributed by atoms with Crippen LogP contribution < -0.4 is 10.6 Å². The van der Waals surface area contributed by atoms with Gasteiger partial charge in [0, 0.05) is 36.8 Å². The number of hydrogen-bond acceptors (Lipinski definition) is 5. The van der Waals surface area contributed by atoms with E-state index in [1.54, 1.807) is 10.9 Å². The lowest BCUT2D eigenvalue weighted by Crippen LogP contribution is -2.13. The number of rotatable bonds is 5. The highest BCUT2D eigenvalue weighted by Gasteiger charge is 2.08. The third-order valence-electron chi connectivity index (χ3n) is 3.53. The lowest BCUT2D eigenvalue weighted by Gasteiger charge is -2.10. The van der Waals surface area contributed by atoms with Crippen molar-refractivity contribution in [3.8, 4) is 11.3 Å². The Bertz CT molecular complexity index is 908. The number of benzene rings is 1. The smallest absolute Gasteiger partial charge is 0.239 e. The Kier molecular flexibility index (Phi) is 4.95. The summed E-state index contributed by atoms with van der Waals surface area (Å²) in [5, 5.41) is 10.1. The standard InChI is InChI=1S/C17H17ClN6O/c1-11-9-12(3-4-13(11)20-16(25)10-18)14-5-7-19-17(21-14)22-15-6-8-24(2)23-15/h3-9H,10H2,1-2H3,(H,20,25)(H,19,21,22,23). The van der Waals surface area contributed by atoms with Gasteiger partial charge >= 0.3 is 0 Å². The number of nitrogens with zero attached hydrogens (tertiary/aromatic N) is 4. The van der Waals surface area contributed by atoms with E-state index in [0.29, 0.717) is 11.8 Å². The van der Waals surface area contributed by atoms with Crippen molar-refractivity contribution in [2.24, 2.45) is 7.05 Å². The van der Waals surface area contributed by atoms with Crippen LogP contribution in [0.15, 0.2) is 42.7 Å². The Morgan fingerprint density at radius 2 is 2.12 bits per heavy atom. The van der Waals surface area contributed by atoms with Crippen molar-refractivity contribution in [2.75, 3.05) is 16.5 Å². The van der Waals surface area contributed by atoms with E-state index >= 15 is 0 Å². The van der Waals surface area contributed by atoms with Crippen LogP contribution in [0, 0.1) is 6.92 Å². The number of anilines is 3. The molecule has 0 unspecified atom stereocenters. The highest BCUT2D eigenvalue weighted by Crippen LogP contribution is 2.24. The molecule has 0 aliphatic rings. The van der Waals surface area contributed by atoms with Gasteiger partial charge in [-0.15, -0.1) is 11.6 Å². The molecule has 0 bridgehead atoms. The number of halogens is 1. The minimum absolute atomic E-state index is 0.0738. The molecule has 0 saturated carbocycles. The van der Waals surface area contributed by atoms with Gasteiger partial charge in [0.05, 0.1) is 5.69 Å². The summed E-state index contributed by atoms with van der Waals surface area (Å²) < 4.78 is 1.70. The highest BCUT2D eigenvalue weighted by molar-refractivity contribution is 6.29. The molecule has 3 aromatic rings. The number of aromatic nitrogens is 4. The molecular formula is C17H17ClN6O. The topological polar surface area (TPSA) is 84.7 Å². The fourth-order valence-corrected chi connectivity index (χ4v) is 2.39. The van der Waals surface area contributed by atoms with Gasteiger partial charge in [0.25, 0.3) is 0 Å². The van der Waals surface area contributed by atoms with Crippen molar-refractivity contribution in [1.29, 1.82) is 0 Å². The number of amides is 1. The van der Waals surface area contributed by atoms with Crippen LogP contribution in [-0.2, 0) is 11.8 Å². The first-order valence-corrected chi connectivity index (χ1v) is 8.15. The molecule has 0 saturated heterocycles. The molecule has 0 atom stereocenters. The first-order valence-electron chi connectivity index (χ1n) is 7.62. The largest absolute Gasteiger partial charge is 0.325 e. The molecule has 25 heavy (non-hydrogen) atoms. The molecule has 0 spiro atoms. The van der Waals surface area contributed by atoms with E-state index in [9.17, 15) is 4.79 Å². The van der Waals surface area contributed by atoms with E-state index in [1.165, 1.54) is 0 Å². The lowest BCUT2D eigenvalue weighted by molar-refractivity contribution is -0.113. The maximum Gasteiger partial charge on any atom is 0.239 e. The Morgan fingerprint density at radius 1 is 1.28 bits per heavy atom. The lowest BCUT2D eigenvalue weighted by atomic mass is 10.1. The van der Waals surface area contributed by atoms with Crippen LogP contribution in [-0.4, -0.2) is 31.5 Å². The zero-order chi connectivity index (χ0) is 17.8. The van der Waals surface area contributed by atoms with Gasteiger partial charge in [-0.05, 0) is 30.7 Å². The van der Waals surface area contributed by atoms with Crippen molar-refractivity contribution in [3.05, 3.63) is 48.3 Å². The SMILES string of the molecule is Cc1cc(-c2ccnc(Nc3ccn(C)n3)n2)ccc1NC(=O)CCl. The maximum atomic E-state index is 11.4. The second-order valence-electron chi connectivity index (χ2n) is 5.48. The summed E-state index contributed by atoms with van der Waals surface area (Å²) >= 11 is 5.52. The van der Waals surface area contributed by atoms with Gasteiger partial charge in [0.2, 0.25) is 11.9 Å². The van der Waals surface area contributed by atoms with E-state index in [1.807, 2.05) is 50.5 Å². The van der Waals surface area contributed by atoms with E-state index in [-0.39, 0.29) is 11.8 Å². The Hall–Kier alpha value is -2.93. The monoisotopic (exact) mass is 356 g/mol. The third kappa shape index (κ3) is 4.13. The third-order valence-corrected chi connectivity index (χ3v) is 3.77. The molecule has 3 rings (SSSR count). The minimum Gasteiger partial charge on any atom is -0.325 e. The molecule has 0 aliphatic carbocycles. The fourth-order valence-electron chi connectivity index (χ4n) is 2.32. The number of aryl methyl sites for hydroxylation is 2. The molecule has 2 N–H and O–H groups in total. The van der Waals surface area contributed by atoms with Crippen LogP contribution in [0.4, 0.5) is 17.5 Å². The molecule has 8 heteroatoms. The molecule has 1 amide bonds. The normalized spacial score (nSPS) is 10.5. The van der Waals surface area contributed by atoms with Gasteiger partial charge < -0.3 is 10.6 Å². The van der Waals surface area contributed by atoms with E-state index < -0.39 is 0 Å². The molecule has 0 aliphatic heterocycles. The molecule has 2 aromatic heterocycles. The average molecular weight is 357 g/mol. The summed E-state index contributed by atoms with van der Waals surface area (Å²) in [7, 11) is 1.84. The predicted octanol–water partition coefficient (Wildman–Crippen LogP) is 3.11. The van der Waals surface area contributed by atoms with Gasteiger partial charge in [-0.25, -0.2) is 9.97 Å². The van der Waals surface area contributed by atoms with Crippen LogP contribution in [0.25, 0.3) is 11.3 Å². The van der Waals surface area contributed by atoms with Crippen molar-refractivity contribution in [1.82, 2.24) is 19.7 Å². The first kappa shape index (κ1) is 16.9. The predicted molar refractivity (Wildman–Crippen MR) is 98.0 cm³/mol. The van der Waals surface area contributed by atoms with Gasteiger partial charge in [-0.3, -0.25) is 9.48 Å². The van der Waals surface area contributed by atoms with Crippen LogP contribution in [0.5, 0.6) is 0 Å². The fraction of sp³-hybridized carbons (Fsp3) is 0.176. The van der Waals surface area contributed by atoms with Crippen molar-refractivity contribution < 1.29 is 4.79 Å². The average Bonchev–Trinajstić information content (AvgIpc) is 3.01. The molecule has 1 aromatic carbocycles. The van der Waals surface area contributed by atoms with E-state index in [0.717, 1.165) is 22.5 Å². The Morgan fingerprint density at radius 3 is 2.80 bits per heavy atom. The first-order chi connectivity index (χ1) is 12.0. The Labute approximate surface area is 150 Å². The zero-order valence-electron chi connectivity index (χ0n) is 13.8. The quantitative estimate of drug-likeness (QED) is 0.686. The number of alkyl halides is 1. The van der Waals surface area contributed by atoms with Crippen molar-refractivity contribution >= 4 is 35.0 Å². The molecule has 2 heterocycles. The summed E-state index contributed by atoms with van der Waals surface area (Å²) in [6.07, 6.45) is 3.52. The summed E-state index contributed by atoms with van der Waals surface area (Å²) in [5.41, 5.74) is 3.35. The van der Waals surface area contributed by atoms with Gasteiger partial charge in [0.1, 0.15) is 5.88 Å². The molecule has 128 valence electrons. The molecule has 7 nitrogen and oxygen atoms in total. The minimum atomic E-state index is -0.235. The van der Waals surface area contributed by atoms with Crippen LogP contribution in [0.1, 0.15) is 5.56 Å². The summed E-state index contributed by atoms with van der Waals surface area (Å²) in [6, 6.07) is 9.35. The highest BCUT2D eigenvalue weighted by atomic mass is 35.5. The zero-order valence-corrected chi connectivity index (χ0v) is 14.6. The second kappa shape index (κ2) is 7.31. The Balaban J connectivity index is 1.83. The van der Waals surface area contributed by atoms with E-state index in [4.69, 9.17) is 11.6 Å². The number of nitrogens with one attached hydrogen (secondary N) is 2. The van der Waals surface area contributed by atoms with Crippen LogP contribution in [0.3, 0.4) is 0 Å². The summed E-state index contributed by atoms with van der Waals surface area (Å²) in [6.45, 7) is 1.92. The molecular weight excluding hydrogens is 340 g/mol. The molecule has 0 fully saturated rings. The van der Waals surface area contributed by atoms with Crippen molar-refractivity contribution in [2.45, 2.75) is 6.92 Å². The number of carbonyl (C=O) groups excluding carboxylic acids is 1. The van der Waals surface area contributed by atoms with Gasteiger partial charge in [-0.1, -0.05) is 6.07 Å². The number of hydrogen-bond donors (Lipinski definition) is 2. The summed E-state index contributed by atoms with van der Waals surface area (Å²) in [5.74, 6) is 0.833. The van der Waals surface area contributed by atoms with Crippen LogP contribution in [0.2, 0.25) is 0 Å². The summed E-state index contributed by atoms with van der Waals surface area (Å²) in [4.78, 5) is 20.2. The van der Waals surface area contributed by atoms with E-state index in [2.05, 4.69) is 25.7 Å². The van der Waals surface area contributed by atoms with Gasteiger partial charge in [0.15, 0.2) is 5.82 Å². The van der Waals surface area contributed by atoms with Gasteiger partial charge in [-0.2, -0.15) is 5.10 Å². The second-order valence-corrected chi connectivity index (χ2v) is 5.74. The maximum absolute atomic E-state index is 11.4. The number of carbonyl (C=O) groups is 1. The molecule has 0 radical (unpaired) electrons. The van der Waals surface area contributed by atoms with Crippen LogP contribution >= 0.6 is 11.6 Å².